The van der Waals surface area contributed by atoms with Gasteiger partial charge in [0.1, 0.15) is 0 Å². The predicted octanol–water partition coefficient (Wildman–Crippen LogP) is 4.54. The normalized spacial score (nSPS) is 16.2. The minimum absolute atomic E-state index is 0.0512. The number of aryl methyl sites for hydroxylation is 1. The number of hydrogen-bond donors (Lipinski definition) is 2. The van der Waals surface area contributed by atoms with Crippen LogP contribution in [0.4, 0.5) is 24.8 Å². The largest absolute Gasteiger partial charge is 0.416 e. The summed E-state index contributed by atoms with van der Waals surface area (Å²) in [5.74, 6) is -0.117. The van der Waals surface area contributed by atoms with Crippen molar-refractivity contribution in [2.45, 2.75) is 51.4 Å². The first-order valence-electron chi connectivity index (χ1n) is 13.0. The smallest absolute Gasteiger partial charge is 0.401 e. The maximum absolute atomic E-state index is 13.4. The summed E-state index contributed by atoms with van der Waals surface area (Å²) >= 11 is 0. The van der Waals surface area contributed by atoms with E-state index in [9.17, 15) is 18.0 Å². The Kier molecular flexibility index (Phi) is 7.51. The second-order valence-corrected chi connectivity index (χ2v) is 11.0. The molecule has 1 aromatic carbocycles. The molecule has 216 valence electrons. The van der Waals surface area contributed by atoms with E-state index in [-0.39, 0.29) is 25.4 Å². The van der Waals surface area contributed by atoms with Gasteiger partial charge in [-0.05, 0) is 29.7 Å². The number of nitrogens with one attached hydrogen (secondary N) is 2. The number of hydrogen-bond acceptors (Lipinski definition) is 9. The van der Waals surface area contributed by atoms with Crippen molar-refractivity contribution in [1.82, 2.24) is 40.2 Å². The van der Waals surface area contributed by atoms with Gasteiger partial charge in [0, 0.05) is 43.5 Å². The van der Waals surface area contributed by atoms with Gasteiger partial charge < -0.3 is 15.1 Å². The number of amides is 1. The molecule has 1 amide bonds. The molecule has 0 saturated carbocycles. The Balaban J connectivity index is 1.43. The number of aromatic nitrogens is 6. The molecule has 0 aliphatic carbocycles. The average Bonchev–Trinajstić information content (AvgIpc) is 3.52. The van der Waals surface area contributed by atoms with E-state index >= 15 is 0 Å². The number of halogens is 3. The first-order chi connectivity index (χ1) is 19.3. The van der Waals surface area contributed by atoms with Crippen molar-refractivity contribution < 1.29 is 22.4 Å². The molecule has 11 nitrogen and oxygen atoms in total. The van der Waals surface area contributed by atoms with Crippen LogP contribution in [0, 0.1) is 0 Å². The van der Waals surface area contributed by atoms with Gasteiger partial charge in [0.2, 0.25) is 11.8 Å². The summed E-state index contributed by atoms with van der Waals surface area (Å²) in [6, 6.07) is 6.62. The molecule has 1 atom stereocenters. The lowest BCUT2D eigenvalue weighted by atomic mass is 9.96. The highest BCUT2D eigenvalue weighted by Gasteiger charge is 2.34. The standard InChI is InChI=1S/C27H30F3N9O2/c1-26(2,3)24-37-36-23(41-24)22(40)34-21-8-10-39(15-27(28,29)30)13-17-11-16(5-6-19(17)21)20-7-9-31-25(35-20)33-18-12-32-38(4)14-18/h5-7,9,11-12,14,21H,8,10,13,15H2,1-4H3,(H,34,40)(H,31,33,35)/t21-/m0/s1. The molecule has 1 aliphatic rings. The third-order valence-corrected chi connectivity index (χ3v) is 6.53. The van der Waals surface area contributed by atoms with Gasteiger partial charge in [-0.1, -0.05) is 32.9 Å². The number of benzene rings is 1. The third-order valence-electron chi connectivity index (χ3n) is 6.53. The summed E-state index contributed by atoms with van der Waals surface area (Å²) in [7, 11) is 1.79. The molecule has 0 saturated heterocycles. The van der Waals surface area contributed by atoms with E-state index in [1.165, 1.54) is 4.90 Å². The average molecular weight is 570 g/mol. The Morgan fingerprint density at radius 3 is 2.66 bits per heavy atom. The summed E-state index contributed by atoms with van der Waals surface area (Å²) < 4.78 is 47.3. The van der Waals surface area contributed by atoms with Crippen molar-refractivity contribution >= 4 is 17.5 Å². The second-order valence-electron chi connectivity index (χ2n) is 11.0. The fourth-order valence-electron chi connectivity index (χ4n) is 4.60. The van der Waals surface area contributed by atoms with Gasteiger partial charge in [-0.3, -0.25) is 14.4 Å². The Morgan fingerprint density at radius 1 is 1.17 bits per heavy atom. The van der Waals surface area contributed by atoms with Crippen molar-refractivity contribution in [3.63, 3.8) is 0 Å². The van der Waals surface area contributed by atoms with E-state index in [0.717, 1.165) is 0 Å². The van der Waals surface area contributed by atoms with E-state index in [1.54, 1.807) is 36.4 Å². The molecule has 2 N–H and O–H groups in total. The number of carbonyl (C=O) groups excluding carboxylic acids is 1. The fourth-order valence-corrected chi connectivity index (χ4v) is 4.60. The Labute approximate surface area is 234 Å². The maximum atomic E-state index is 13.4. The zero-order chi connectivity index (χ0) is 29.4. The number of alkyl halides is 3. The van der Waals surface area contributed by atoms with Crippen molar-refractivity contribution in [3.05, 3.63) is 65.8 Å². The molecule has 14 heteroatoms. The third kappa shape index (κ3) is 6.88. The van der Waals surface area contributed by atoms with Crippen molar-refractivity contribution in [3.8, 4) is 11.3 Å². The van der Waals surface area contributed by atoms with E-state index in [4.69, 9.17) is 4.42 Å². The summed E-state index contributed by atoms with van der Waals surface area (Å²) in [5.41, 5.74) is 2.92. The lowest BCUT2D eigenvalue weighted by Crippen LogP contribution is -2.35. The summed E-state index contributed by atoms with van der Waals surface area (Å²) in [5, 5.41) is 17.9. The Hall–Kier alpha value is -4.33. The zero-order valence-electron chi connectivity index (χ0n) is 23.0. The zero-order valence-corrected chi connectivity index (χ0v) is 23.0. The molecule has 3 aromatic heterocycles. The lowest BCUT2D eigenvalue weighted by molar-refractivity contribution is -0.147. The number of nitrogens with zero attached hydrogens (tertiary/aromatic N) is 7. The first kappa shape index (κ1) is 28.2. The van der Waals surface area contributed by atoms with Gasteiger partial charge in [0.25, 0.3) is 0 Å². The number of rotatable bonds is 6. The molecular formula is C27H30F3N9O2. The monoisotopic (exact) mass is 569 g/mol. The van der Waals surface area contributed by atoms with Gasteiger partial charge in [-0.15, -0.1) is 10.2 Å². The highest BCUT2D eigenvalue weighted by Crippen LogP contribution is 2.32. The van der Waals surface area contributed by atoms with E-state index in [1.807, 2.05) is 39.0 Å². The highest BCUT2D eigenvalue weighted by atomic mass is 19.4. The van der Waals surface area contributed by atoms with Crippen LogP contribution in [0.15, 0.2) is 47.3 Å². The highest BCUT2D eigenvalue weighted by molar-refractivity contribution is 5.89. The number of carbonyl (C=O) groups is 1. The van der Waals surface area contributed by atoms with E-state index in [2.05, 4.69) is 35.9 Å². The summed E-state index contributed by atoms with van der Waals surface area (Å²) in [6.07, 6.45) is 0.914. The molecule has 0 bridgehead atoms. The van der Waals surface area contributed by atoms with Gasteiger partial charge >= 0.3 is 18.0 Å². The van der Waals surface area contributed by atoms with Crippen molar-refractivity contribution in [2.24, 2.45) is 7.05 Å². The molecule has 41 heavy (non-hydrogen) atoms. The van der Waals surface area contributed by atoms with E-state index in [0.29, 0.717) is 39.9 Å². The van der Waals surface area contributed by atoms with E-state index < -0.39 is 30.1 Å². The van der Waals surface area contributed by atoms with Crippen LogP contribution in [0.5, 0.6) is 0 Å². The fraction of sp³-hybridized carbons (Fsp3) is 0.407. The van der Waals surface area contributed by atoms with Crippen LogP contribution in [0.1, 0.15) is 60.9 Å². The maximum Gasteiger partial charge on any atom is 0.401 e. The van der Waals surface area contributed by atoms with Crippen LogP contribution in [0.25, 0.3) is 11.3 Å². The van der Waals surface area contributed by atoms with Crippen LogP contribution in [-0.4, -0.2) is 60.0 Å². The van der Waals surface area contributed by atoms with Gasteiger partial charge in [-0.2, -0.15) is 18.3 Å². The quantitative estimate of drug-likeness (QED) is 0.344. The summed E-state index contributed by atoms with van der Waals surface area (Å²) in [4.78, 5) is 23.2. The van der Waals surface area contributed by atoms with Crippen molar-refractivity contribution in [2.75, 3.05) is 18.4 Å². The van der Waals surface area contributed by atoms with Crippen molar-refractivity contribution in [1.29, 1.82) is 0 Å². The minimum Gasteiger partial charge on any atom is -0.416 e. The predicted molar refractivity (Wildman–Crippen MR) is 143 cm³/mol. The van der Waals surface area contributed by atoms with Gasteiger partial charge in [0.15, 0.2) is 0 Å². The van der Waals surface area contributed by atoms with Crippen LogP contribution >= 0.6 is 0 Å². The molecule has 4 heterocycles. The molecule has 0 spiro atoms. The molecule has 0 radical (unpaired) electrons. The topological polar surface area (TPSA) is 127 Å². The Bertz CT molecular complexity index is 1540. The first-order valence-corrected chi connectivity index (χ1v) is 13.0. The van der Waals surface area contributed by atoms with Crippen LogP contribution in [0.3, 0.4) is 0 Å². The SMILES string of the molecule is Cn1cc(Nc2nccc(-c3ccc4c(c3)CN(CC(F)(F)F)CC[C@@H]4NC(=O)c3nnc(C(C)(C)C)o3)n2)cn1. The lowest BCUT2D eigenvalue weighted by Gasteiger charge is -2.22. The van der Waals surface area contributed by atoms with Crippen LogP contribution in [-0.2, 0) is 19.0 Å². The molecule has 0 fully saturated rings. The molecule has 1 aliphatic heterocycles. The molecular weight excluding hydrogens is 539 g/mol. The van der Waals surface area contributed by atoms with Crippen LogP contribution in [0.2, 0.25) is 0 Å². The van der Waals surface area contributed by atoms with Gasteiger partial charge in [0.05, 0.1) is 30.2 Å². The van der Waals surface area contributed by atoms with Crippen LogP contribution < -0.4 is 10.6 Å². The summed E-state index contributed by atoms with van der Waals surface area (Å²) in [6.45, 7) is 4.75. The molecule has 0 unspecified atom stereocenters. The molecule has 4 aromatic rings. The minimum atomic E-state index is -4.37. The Morgan fingerprint density at radius 2 is 1.98 bits per heavy atom. The number of fused-ring (bicyclic) bond motifs is 1. The number of anilines is 2. The molecule has 5 rings (SSSR count). The second kappa shape index (κ2) is 10.9. The van der Waals surface area contributed by atoms with Gasteiger partial charge in [-0.25, -0.2) is 9.97 Å².